The Morgan fingerprint density at radius 2 is 1.79 bits per heavy atom. The zero-order valence-electron chi connectivity index (χ0n) is 23.3. The lowest BCUT2D eigenvalue weighted by molar-refractivity contribution is 0.0513. The average Bonchev–Trinajstić information content (AvgIpc) is 3.55. The number of ether oxygens (including phenoxy) is 2. The number of halogens is 3. The van der Waals surface area contributed by atoms with Crippen molar-refractivity contribution in [3.8, 4) is 17.0 Å². The number of nitrogens with zero attached hydrogens (tertiary/aromatic N) is 4. The van der Waals surface area contributed by atoms with Crippen LogP contribution >= 0.6 is 11.6 Å². The van der Waals surface area contributed by atoms with Crippen molar-refractivity contribution in [2.75, 3.05) is 12.4 Å². The van der Waals surface area contributed by atoms with Gasteiger partial charge in [-0.3, -0.25) is 9.59 Å². The number of amides is 2. The fourth-order valence-electron chi connectivity index (χ4n) is 3.85. The molecule has 220 valence electrons. The third-order valence-electron chi connectivity index (χ3n) is 5.86. The van der Waals surface area contributed by atoms with Crippen LogP contribution in [0.4, 0.5) is 19.3 Å². The Labute approximate surface area is 244 Å². The van der Waals surface area contributed by atoms with Crippen molar-refractivity contribution in [3.63, 3.8) is 0 Å². The van der Waals surface area contributed by atoms with E-state index in [4.69, 9.17) is 21.1 Å². The van der Waals surface area contributed by atoms with Gasteiger partial charge in [0.2, 0.25) is 5.82 Å². The predicted molar refractivity (Wildman–Crippen MR) is 150 cm³/mol. The summed E-state index contributed by atoms with van der Waals surface area (Å²) in [5.41, 5.74) is 0.206. The normalized spacial score (nSPS) is 11.2. The van der Waals surface area contributed by atoms with Crippen LogP contribution < -0.4 is 15.4 Å². The number of hydrogen-bond acceptors (Lipinski definition) is 7. The molecule has 0 saturated carbocycles. The molecule has 11 nitrogen and oxygen atoms in total. The van der Waals surface area contributed by atoms with Gasteiger partial charge in [0.1, 0.15) is 5.60 Å². The molecule has 0 aliphatic rings. The molecule has 2 aromatic carbocycles. The standard InChI is InChI=1S/C28H27ClF2N6O5/c1-28(2,3)42-27(40)37-11-10-16(35-37)13-33-25(38)17-7-6-15(12-19(17)29)34-26(39)24-32-14-20(36(24)4)18-8-9-21(41-5)23(31)22(18)30/h6-12,14H,13H2,1-5H3,(H,33,38)(H,34,39). The van der Waals surface area contributed by atoms with Crippen molar-refractivity contribution in [1.82, 2.24) is 24.6 Å². The van der Waals surface area contributed by atoms with Gasteiger partial charge in [-0.25, -0.2) is 14.2 Å². The Morgan fingerprint density at radius 1 is 1.05 bits per heavy atom. The maximum Gasteiger partial charge on any atom is 0.435 e. The van der Waals surface area contributed by atoms with Crippen molar-refractivity contribution < 1.29 is 32.6 Å². The zero-order valence-corrected chi connectivity index (χ0v) is 24.0. The first-order chi connectivity index (χ1) is 19.8. The van der Waals surface area contributed by atoms with E-state index in [1.54, 1.807) is 26.8 Å². The molecule has 0 aliphatic heterocycles. The Bertz CT molecular complexity index is 1680. The number of anilines is 1. The lowest BCUT2D eigenvalue weighted by atomic mass is 10.1. The monoisotopic (exact) mass is 600 g/mol. The summed E-state index contributed by atoms with van der Waals surface area (Å²) in [6.45, 7) is 5.23. The SMILES string of the molecule is COc1ccc(-c2cnc(C(=O)Nc3ccc(C(=O)NCc4ccn(C(=O)OC(C)(C)C)n4)c(Cl)c3)n2C)c(F)c1F. The molecule has 14 heteroatoms. The minimum Gasteiger partial charge on any atom is -0.494 e. The molecule has 0 saturated heterocycles. The van der Waals surface area contributed by atoms with E-state index in [1.165, 1.54) is 61.5 Å². The quantitative estimate of drug-likeness (QED) is 0.299. The van der Waals surface area contributed by atoms with E-state index in [1.807, 2.05) is 0 Å². The highest BCUT2D eigenvalue weighted by molar-refractivity contribution is 6.34. The van der Waals surface area contributed by atoms with Gasteiger partial charge in [0.25, 0.3) is 11.8 Å². The Morgan fingerprint density at radius 3 is 2.45 bits per heavy atom. The van der Waals surface area contributed by atoms with Gasteiger partial charge in [0.15, 0.2) is 17.4 Å². The largest absolute Gasteiger partial charge is 0.494 e. The molecule has 2 N–H and O–H groups in total. The first-order valence-electron chi connectivity index (χ1n) is 12.5. The average molecular weight is 601 g/mol. The summed E-state index contributed by atoms with van der Waals surface area (Å²) in [6.07, 6.45) is 2.02. The van der Waals surface area contributed by atoms with Gasteiger partial charge < -0.3 is 24.7 Å². The highest BCUT2D eigenvalue weighted by Crippen LogP contribution is 2.30. The molecule has 0 fully saturated rings. The molecule has 42 heavy (non-hydrogen) atoms. The van der Waals surface area contributed by atoms with Crippen LogP contribution in [-0.4, -0.2) is 50.0 Å². The topological polar surface area (TPSA) is 129 Å². The molecule has 0 bridgehead atoms. The van der Waals surface area contributed by atoms with Crippen LogP contribution in [0.1, 0.15) is 47.4 Å². The molecular weight excluding hydrogens is 574 g/mol. The van der Waals surface area contributed by atoms with Crippen molar-refractivity contribution in [2.45, 2.75) is 32.9 Å². The van der Waals surface area contributed by atoms with Crippen LogP contribution in [-0.2, 0) is 18.3 Å². The maximum absolute atomic E-state index is 14.6. The smallest absolute Gasteiger partial charge is 0.435 e. The van der Waals surface area contributed by atoms with Crippen LogP contribution in [0.15, 0.2) is 48.8 Å². The molecule has 4 rings (SSSR count). The summed E-state index contributed by atoms with van der Waals surface area (Å²) >= 11 is 6.31. The van der Waals surface area contributed by atoms with Crippen LogP contribution in [0.2, 0.25) is 5.02 Å². The third kappa shape index (κ3) is 6.57. The van der Waals surface area contributed by atoms with Gasteiger partial charge in [-0.2, -0.15) is 14.2 Å². The molecular formula is C28H27ClF2N6O5. The number of rotatable bonds is 7. The van der Waals surface area contributed by atoms with E-state index in [-0.39, 0.29) is 45.6 Å². The van der Waals surface area contributed by atoms with Crippen LogP contribution in [0.3, 0.4) is 0 Å². The van der Waals surface area contributed by atoms with E-state index >= 15 is 0 Å². The number of benzene rings is 2. The van der Waals surface area contributed by atoms with E-state index < -0.39 is 35.1 Å². The highest BCUT2D eigenvalue weighted by Gasteiger charge is 2.22. The first-order valence-corrected chi connectivity index (χ1v) is 12.9. The second-order valence-corrected chi connectivity index (χ2v) is 10.4. The molecule has 0 aliphatic carbocycles. The minimum absolute atomic E-state index is 0.0175. The van der Waals surface area contributed by atoms with E-state index in [9.17, 15) is 23.2 Å². The Balaban J connectivity index is 1.40. The van der Waals surface area contributed by atoms with E-state index in [2.05, 4.69) is 20.7 Å². The summed E-state index contributed by atoms with van der Waals surface area (Å²) in [6, 6.07) is 8.44. The molecule has 2 amide bonds. The molecule has 4 aromatic rings. The first kappa shape index (κ1) is 30.2. The number of carbonyl (C=O) groups excluding carboxylic acids is 3. The summed E-state index contributed by atoms with van der Waals surface area (Å²) in [5, 5.41) is 9.44. The third-order valence-corrected chi connectivity index (χ3v) is 6.17. The number of hydrogen-bond donors (Lipinski definition) is 2. The fourth-order valence-corrected chi connectivity index (χ4v) is 4.12. The molecule has 2 aromatic heterocycles. The van der Waals surface area contributed by atoms with E-state index in [0.717, 1.165) is 4.68 Å². The predicted octanol–water partition coefficient (Wildman–Crippen LogP) is 5.19. The number of imidazole rings is 1. The van der Waals surface area contributed by atoms with Gasteiger partial charge in [-0.15, -0.1) is 0 Å². The second kappa shape index (κ2) is 12.0. The zero-order chi connectivity index (χ0) is 30.8. The van der Waals surface area contributed by atoms with Gasteiger partial charge in [-0.05, 0) is 57.2 Å². The minimum atomic E-state index is -1.16. The molecule has 0 atom stereocenters. The number of aromatic nitrogens is 4. The van der Waals surface area contributed by atoms with Gasteiger partial charge in [-0.1, -0.05) is 11.6 Å². The van der Waals surface area contributed by atoms with Crippen molar-refractivity contribution in [2.24, 2.45) is 7.05 Å². The van der Waals surface area contributed by atoms with Gasteiger partial charge in [0.05, 0.1) is 41.8 Å². The second-order valence-electron chi connectivity index (χ2n) is 10.0. The van der Waals surface area contributed by atoms with Crippen LogP contribution in [0, 0.1) is 11.6 Å². The summed E-state index contributed by atoms with van der Waals surface area (Å²) in [5.74, 6) is -3.78. The maximum atomic E-state index is 14.6. The van der Waals surface area contributed by atoms with Crippen LogP contribution in [0.5, 0.6) is 5.75 Å². The Hall–Kier alpha value is -4.78. The summed E-state index contributed by atoms with van der Waals surface area (Å²) in [4.78, 5) is 41.8. The fraction of sp³-hybridized carbons (Fsp3) is 0.250. The number of nitrogens with one attached hydrogen (secondary N) is 2. The van der Waals surface area contributed by atoms with Crippen molar-refractivity contribution in [1.29, 1.82) is 0 Å². The Kier molecular flexibility index (Phi) is 8.62. The molecule has 0 radical (unpaired) electrons. The molecule has 2 heterocycles. The number of methoxy groups -OCH3 is 1. The van der Waals surface area contributed by atoms with Crippen molar-refractivity contribution in [3.05, 3.63) is 82.5 Å². The van der Waals surface area contributed by atoms with Crippen LogP contribution in [0.25, 0.3) is 11.3 Å². The van der Waals surface area contributed by atoms with Gasteiger partial charge >= 0.3 is 6.09 Å². The molecule has 0 spiro atoms. The van der Waals surface area contributed by atoms with Gasteiger partial charge in [0, 0.05) is 24.5 Å². The highest BCUT2D eigenvalue weighted by atomic mass is 35.5. The number of carbonyl (C=O) groups is 3. The lowest BCUT2D eigenvalue weighted by Crippen LogP contribution is -2.28. The van der Waals surface area contributed by atoms with E-state index in [0.29, 0.717) is 5.69 Å². The molecule has 0 unspecified atom stereocenters. The summed E-state index contributed by atoms with van der Waals surface area (Å²) < 4.78 is 41.2. The lowest BCUT2D eigenvalue weighted by Gasteiger charge is -2.18. The summed E-state index contributed by atoms with van der Waals surface area (Å²) in [7, 11) is 2.71. The van der Waals surface area contributed by atoms with Crippen molar-refractivity contribution >= 4 is 35.2 Å².